The van der Waals surface area contributed by atoms with Crippen molar-refractivity contribution in [2.75, 3.05) is 0 Å². The van der Waals surface area contributed by atoms with Gasteiger partial charge in [0.15, 0.2) is 0 Å². The number of nitrogens with zero attached hydrogens (tertiary/aromatic N) is 1. The van der Waals surface area contributed by atoms with Crippen LogP contribution < -0.4 is 0 Å². The van der Waals surface area contributed by atoms with Gasteiger partial charge in [0.25, 0.3) is 0 Å². The van der Waals surface area contributed by atoms with Crippen LogP contribution in [0.25, 0.3) is 0 Å². The third kappa shape index (κ3) is 3.82. The largest absolute Gasteiger partial charge is 0.458 e. The molecule has 1 rings (SSSR count). The van der Waals surface area contributed by atoms with Gasteiger partial charge in [-0.05, 0) is 31.9 Å². The highest BCUT2D eigenvalue weighted by molar-refractivity contribution is 5.73. The van der Waals surface area contributed by atoms with Gasteiger partial charge in [0.1, 0.15) is 6.10 Å². The van der Waals surface area contributed by atoms with E-state index in [1.807, 2.05) is 12.1 Å². The Kier molecular flexibility index (Phi) is 5.29. The highest BCUT2D eigenvalue weighted by Crippen LogP contribution is 2.28. The first kappa shape index (κ1) is 16.2. The minimum Gasteiger partial charge on any atom is -0.458 e. The minimum atomic E-state index is -0.752. The van der Waals surface area contributed by atoms with Gasteiger partial charge in [-0.2, -0.15) is 5.26 Å². The van der Waals surface area contributed by atoms with Crippen molar-refractivity contribution in [2.24, 2.45) is 11.3 Å². The molecule has 20 heavy (non-hydrogen) atoms. The standard InChI is InChI=1S/C16H21NO3/c1-11(16(3,4)10-17)15(19)20-12(2)14-7-5-13(9-18)6-8-14/h5-8,11-12,18H,9H2,1-4H3. The molecule has 4 heteroatoms. The summed E-state index contributed by atoms with van der Waals surface area (Å²) >= 11 is 0. The minimum absolute atomic E-state index is 0.0121. The maximum Gasteiger partial charge on any atom is 0.310 e. The first-order valence-electron chi connectivity index (χ1n) is 6.63. The quantitative estimate of drug-likeness (QED) is 0.839. The van der Waals surface area contributed by atoms with Gasteiger partial charge in [0, 0.05) is 0 Å². The van der Waals surface area contributed by atoms with Crippen LogP contribution in [0, 0.1) is 22.7 Å². The van der Waals surface area contributed by atoms with Crippen molar-refractivity contribution in [1.29, 1.82) is 5.26 Å². The molecule has 0 fully saturated rings. The number of aliphatic hydroxyl groups is 1. The highest BCUT2D eigenvalue weighted by atomic mass is 16.5. The number of hydrogen-bond donors (Lipinski definition) is 1. The van der Waals surface area contributed by atoms with Gasteiger partial charge in [0.05, 0.1) is 24.0 Å². The first-order valence-corrected chi connectivity index (χ1v) is 6.63. The van der Waals surface area contributed by atoms with E-state index in [0.29, 0.717) is 0 Å². The molecule has 2 unspecified atom stereocenters. The lowest BCUT2D eigenvalue weighted by Gasteiger charge is -2.24. The second-order valence-corrected chi connectivity index (χ2v) is 5.53. The molecular formula is C16H21NO3. The molecule has 0 aliphatic rings. The van der Waals surface area contributed by atoms with Crippen molar-refractivity contribution in [3.05, 3.63) is 35.4 Å². The summed E-state index contributed by atoms with van der Waals surface area (Å²) in [6.07, 6.45) is -0.382. The molecular weight excluding hydrogens is 254 g/mol. The van der Waals surface area contributed by atoms with E-state index in [-0.39, 0.29) is 18.7 Å². The number of nitriles is 1. The highest BCUT2D eigenvalue weighted by Gasteiger charge is 2.33. The third-order valence-corrected chi connectivity index (χ3v) is 3.65. The monoisotopic (exact) mass is 275 g/mol. The van der Waals surface area contributed by atoms with E-state index in [1.54, 1.807) is 39.8 Å². The van der Waals surface area contributed by atoms with Gasteiger partial charge >= 0.3 is 5.97 Å². The Morgan fingerprint density at radius 1 is 1.35 bits per heavy atom. The van der Waals surface area contributed by atoms with Crippen LogP contribution in [0.15, 0.2) is 24.3 Å². The molecule has 0 aromatic heterocycles. The Morgan fingerprint density at radius 2 is 1.90 bits per heavy atom. The van der Waals surface area contributed by atoms with Crippen LogP contribution in [0.2, 0.25) is 0 Å². The first-order chi connectivity index (χ1) is 9.31. The lowest BCUT2D eigenvalue weighted by molar-refractivity contribution is -0.155. The zero-order valence-corrected chi connectivity index (χ0v) is 12.4. The average molecular weight is 275 g/mol. The summed E-state index contributed by atoms with van der Waals surface area (Å²) in [6, 6.07) is 9.36. The number of ether oxygens (including phenoxy) is 1. The SMILES string of the molecule is CC(OC(=O)C(C)C(C)(C)C#N)c1ccc(CO)cc1. The predicted molar refractivity (Wildman–Crippen MR) is 75.4 cm³/mol. The van der Waals surface area contributed by atoms with E-state index >= 15 is 0 Å². The van der Waals surface area contributed by atoms with Gasteiger partial charge < -0.3 is 9.84 Å². The summed E-state index contributed by atoms with van der Waals surface area (Å²) in [5, 5.41) is 18.0. The van der Waals surface area contributed by atoms with Crippen LogP contribution in [-0.2, 0) is 16.1 Å². The molecule has 1 aromatic carbocycles. The average Bonchev–Trinajstić information content (AvgIpc) is 2.46. The molecule has 1 N–H and O–H groups in total. The van der Waals surface area contributed by atoms with Crippen molar-refractivity contribution < 1.29 is 14.6 Å². The Morgan fingerprint density at radius 3 is 2.35 bits per heavy atom. The Bertz CT molecular complexity index is 499. The summed E-state index contributed by atoms with van der Waals surface area (Å²) in [5.74, 6) is -0.873. The van der Waals surface area contributed by atoms with Gasteiger partial charge in [-0.3, -0.25) is 4.79 Å². The number of benzene rings is 1. The summed E-state index contributed by atoms with van der Waals surface area (Å²) < 4.78 is 5.41. The van der Waals surface area contributed by atoms with E-state index in [1.165, 1.54) is 0 Å². The molecule has 0 spiro atoms. The summed E-state index contributed by atoms with van der Waals surface area (Å²) in [4.78, 5) is 12.0. The molecule has 0 aliphatic heterocycles. The summed E-state index contributed by atoms with van der Waals surface area (Å²) in [5.41, 5.74) is 0.918. The van der Waals surface area contributed by atoms with E-state index in [9.17, 15) is 4.79 Å². The van der Waals surface area contributed by atoms with E-state index < -0.39 is 11.3 Å². The molecule has 0 bridgehead atoms. The molecule has 0 saturated carbocycles. The Hall–Kier alpha value is -1.86. The fourth-order valence-corrected chi connectivity index (χ4v) is 1.63. The van der Waals surface area contributed by atoms with Crippen LogP contribution in [-0.4, -0.2) is 11.1 Å². The van der Waals surface area contributed by atoms with E-state index in [0.717, 1.165) is 11.1 Å². The Labute approximate surface area is 120 Å². The molecule has 4 nitrogen and oxygen atoms in total. The zero-order chi connectivity index (χ0) is 15.3. The second kappa shape index (κ2) is 6.53. The molecule has 1 aromatic rings. The molecule has 0 aliphatic carbocycles. The van der Waals surface area contributed by atoms with Crippen LogP contribution in [0.4, 0.5) is 0 Å². The molecule has 108 valence electrons. The maximum atomic E-state index is 12.0. The Balaban J connectivity index is 2.72. The molecule has 0 amide bonds. The molecule has 2 atom stereocenters. The fraction of sp³-hybridized carbons (Fsp3) is 0.500. The topological polar surface area (TPSA) is 70.3 Å². The number of carbonyl (C=O) groups excluding carboxylic acids is 1. The molecule has 0 heterocycles. The zero-order valence-electron chi connectivity index (χ0n) is 12.4. The summed E-state index contributed by atoms with van der Waals surface area (Å²) in [7, 11) is 0. The number of carbonyl (C=O) groups is 1. The number of rotatable bonds is 5. The number of esters is 1. The predicted octanol–water partition coefficient (Wildman–Crippen LogP) is 2.97. The number of hydrogen-bond acceptors (Lipinski definition) is 4. The lowest BCUT2D eigenvalue weighted by atomic mass is 9.81. The normalized spacial score (nSPS) is 14.2. The van der Waals surface area contributed by atoms with Gasteiger partial charge in [0.2, 0.25) is 0 Å². The molecule has 0 saturated heterocycles. The van der Waals surface area contributed by atoms with E-state index in [4.69, 9.17) is 15.1 Å². The molecule has 0 radical (unpaired) electrons. The van der Waals surface area contributed by atoms with Crippen LogP contribution in [0.5, 0.6) is 0 Å². The van der Waals surface area contributed by atoms with Gasteiger partial charge in [-0.25, -0.2) is 0 Å². The third-order valence-electron chi connectivity index (χ3n) is 3.65. The van der Waals surface area contributed by atoms with Crippen LogP contribution in [0.1, 0.15) is 44.9 Å². The van der Waals surface area contributed by atoms with Crippen molar-refractivity contribution >= 4 is 5.97 Å². The van der Waals surface area contributed by atoms with Crippen molar-refractivity contribution in [3.63, 3.8) is 0 Å². The summed E-state index contributed by atoms with van der Waals surface area (Å²) in [6.45, 7) is 6.92. The smallest absolute Gasteiger partial charge is 0.310 e. The van der Waals surface area contributed by atoms with Gasteiger partial charge in [-0.15, -0.1) is 0 Å². The van der Waals surface area contributed by atoms with E-state index in [2.05, 4.69) is 6.07 Å². The van der Waals surface area contributed by atoms with Crippen LogP contribution in [0.3, 0.4) is 0 Å². The maximum absolute atomic E-state index is 12.0. The van der Waals surface area contributed by atoms with Crippen molar-refractivity contribution in [2.45, 2.75) is 40.4 Å². The van der Waals surface area contributed by atoms with Crippen molar-refractivity contribution in [3.8, 4) is 6.07 Å². The van der Waals surface area contributed by atoms with Crippen molar-refractivity contribution in [1.82, 2.24) is 0 Å². The second-order valence-electron chi connectivity index (χ2n) is 5.53. The van der Waals surface area contributed by atoms with Gasteiger partial charge in [-0.1, -0.05) is 31.2 Å². The van der Waals surface area contributed by atoms with Crippen LogP contribution >= 0.6 is 0 Å². The number of aliphatic hydroxyl groups excluding tert-OH is 1. The lowest BCUT2D eigenvalue weighted by Crippen LogP contribution is -2.29. The fourth-order valence-electron chi connectivity index (χ4n) is 1.63.